The van der Waals surface area contributed by atoms with Crippen LogP contribution < -0.4 is 20.7 Å². The summed E-state index contributed by atoms with van der Waals surface area (Å²) in [5, 5.41) is 8.62. The number of amides is 2. The van der Waals surface area contributed by atoms with Crippen LogP contribution in [0.3, 0.4) is 0 Å². The van der Waals surface area contributed by atoms with Gasteiger partial charge in [0.2, 0.25) is 5.91 Å². The van der Waals surface area contributed by atoms with Crippen molar-refractivity contribution in [2.45, 2.75) is 18.9 Å². The lowest BCUT2D eigenvalue weighted by Gasteiger charge is -2.21. The summed E-state index contributed by atoms with van der Waals surface area (Å²) in [6.07, 6.45) is 2.07. The molecule has 2 amide bonds. The van der Waals surface area contributed by atoms with Crippen molar-refractivity contribution in [3.05, 3.63) is 23.8 Å². The number of hydrogen-bond donors (Lipinski definition) is 3. The van der Waals surface area contributed by atoms with Crippen LogP contribution in [-0.2, 0) is 4.79 Å². The number of ether oxygens (including phenoxy) is 1. The Labute approximate surface area is 116 Å². The number of rotatable bonds is 4. The fourth-order valence-electron chi connectivity index (χ4n) is 2.11. The molecule has 0 bridgehead atoms. The van der Waals surface area contributed by atoms with Crippen LogP contribution in [-0.4, -0.2) is 37.6 Å². The molecule has 6 heteroatoms. The van der Waals surface area contributed by atoms with Gasteiger partial charge in [0.25, 0.3) is 5.91 Å². The third-order valence-electron chi connectivity index (χ3n) is 3.28. The van der Waals surface area contributed by atoms with Gasteiger partial charge in [0, 0.05) is 12.6 Å². The third-order valence-corrected chi connectivity index (χ3v) is 3.28. The van der Waals surface area contributed by atoms with Gasteiger partial charge < -0.3 is 20.7 Å². The van der Waals surface area contributed by atoms with E-state index in [4.69, 9.17) is 4.74 Å². The van der Waals surface area contributed by atoms with Gasteiger partial charge in [-0.3, -0.25) is 9.59 Å². The number of nitrogens with one attached hydrogen (secondary N) is 3. The lowest BCUT2D eigenvalue weighted by molar-refractivity contribution is -0.120. The van der Waals surface area contributed by atoms with Crippen molar-refractivity contribution in [3.8, 4) is 5.75 Å². The lowest BCUT2D eigenvalue weighted by atomic mass is 10.1. The van der Waals surface area contributed by atoms with E-state index < -0.39 is 0 Å². The highest BCUT2D eigenvalue weighted by Gasteiger charge is 2.24. The maximum Gasteiger partial charge on any atom is 0.255 e. The van der Waals surface area contributed by atoms with Crippen molar-refractivity contribution in [2.24, 2.45) is 0 Å². The van der Waals surface area contributed by atoms with Gasteiger partial charge in [-0.05, 0) is 25.0 Å². The summed E-state index contributed by atoms with van der Waals surface area (Å²) in [6, 6.07) is 5.65. The number of hydrogen-bond acceptors (Lipinski definition) is 4. The molecule has 1 heterocycles. The summed E-state index contributed by atoms with van der Waals surface area (Å²) in [7, 11) is 0. The van der Waals surface area contributed by atoms with E-state index in [-0.39, 0.29) is 18.4 Å². The average Bonchev–Trinajstić information content (AvgIpc) is 3.28. The molecule has 3 N–H and O–H groups in total. The van der Waals surface area contributed by atoms with Gasteiger partial charge in [0.1, 0.15) is 6.61 Å². The fraction of sp³-hybridized carbons (Fsp3) is 0.429. The van der Waals surface area contributed by atoms with Gasteiger partial charge >= 0.3 is 0 Å². The Morgan fingerprint density at radius 3 is 3.00 bits per heavy atom. The zero-order valence-electron chi connectivity index (χ0n) is 11.1. The highest BCUT2D eigenvalue weighted by atomic mass is 16.5. The van der Waals surface area contributed by atoms with E-state index in [1.807, 2.05) is 6.07 Å². The van der Waals surface area contributed by atoms with E-state index >= 15 is 0 Å². The van der Waals surface area contributed by atoms with Crippen LogP contribution in [0, 0.1) is 0 Å². The number of fused-ring (bicyclic) bond motifs is 1. The van der Waals surface area contributed by atoms with E-state index in [0.29, 0.717) is 24.0 Å². The molecule has 3 rings (SSSR count). The second-order valence-corrected chi connectivity index (χ2v) is 4.98. The van der Waals surface area contributed by atoms with Crippen molar-refractivity contribution >= 4 is 17.5 Å². The molecule has 0 aromatic heterocycles. The normalized spacial score (nSPS) is 16.4. The molecule has 20 heavy (non-hydrogen) atoms. The zero-order chi connectivity index (χ0) is 13.9. The van der Waals surface area contributed by atoms with Crippen LogP contribution in [0.4, 0.5) is 5.69 Å². The minimum absolute atomic E-state index is 0.00751. The predicted octanol–water partition coefficient (Wildman–Crippen LogP) is 0.499. The molecular formula is C14H17N3O3. The summed E-state index contributed by atoms with van der Waals surface area (Å²) >= 11 is 0. The van der Waals surface area contributed by atoms with Crippen molar-refractivity contribution in [3.63, 3.8) is 0 Å². The minimum Gasteiger partial charge on any atom is -0.489 e. The highest BCUT2D eigenvalue weighted by Crippen LogP contribution is 2.30. The molecule has 1 aromatic carbocycles. The molecule has 1 fully saturated rings. The molecule has 6 nitrogen and oxygen atoms in total. The predicted molar refractivity (Wildman–Crippen MR) is 73.9 cm³/mol. The molecule has 1 aromatic rings. The van der Waals surface area contributed by atoms with Crippen molar-refractivity contribution < 1.29 is 14.3 Å². The first kappa shape index (κ1) is 12.8. The minimum atomic E-state index is -0.295. The molecule has 1 saturated carbocycles. The average molecular weight is 275 g/mol. The van der Waals surface area contributed by atoms with Gasteiger partial charge in [-0.15, -0.1) is 0 Å². The zero-order valence-corrected chi connectivity index (χ0v) is 11.1. The third kappa shape index (κ3) is 2.84. The SMILES string of the molecule is O=C(CNC(=O)c1cccc2c1OCCN2)NC1CC1. The molecule has 0 atom stereocenters. The van der Waals surface area contributed by atoms with E-state index in [1.54, 1.807) is 12.1 Å². The summed E-state index contributed by atoms with van der Waals surface area (Å²) < 4.78 is 5.53. The molecule has 0 saturated heterocycles. The van der Waals surface area contributed by atoms with E-state index in [1.165, 1.54) is 0 Å². The molecule has 1 aliphatic carbocycles. The molecule has 1 aliphatic heterocycles. The Balaban J connectivity index is 1.63. The first-order valence-electron chi connectivity index (χ1n) is 6.81. The molecule has 106 valence electrons. The number of carbonyl (C=O) groups excluding carboxylic acids is 2. The second kappa shape index (κ2) is 5.40. The highest BCUT2D eigenvalue weighted by molar-refractivity contribution is 6.00. The Hall–Kier alpha value is -2.24. The molecule has 0 spiro atoms. The van der Waals surface area contributed by atoms with Crippen LogP contribution in [0.2, 0.25) is 0 Å². The fourth-order valence-corrected chi connectivity index (χ4v) is 2.11. The first-order chi connectivity index (χ1) is 9.74. The summed E-state index contributed by atoms with van der Waals surface area (Å²) in [5.41, 5.74) is 1.26. The Bertz CT molecular complexity index is 540. The Morgan fingerprint density at radius 1 is 1.35 bits per heavy atom. The molecule has 0 radical (unpaired) electrons. The lowest BCUT2D eigenvalue weighted by Crippen LogP contribution is -2.38. The quantitative estimate of drug-likeness (QED) is 0.747. The number of carbonyl (C=O) groups is 2. The molecule has 0 unspecified atom stereocenters. The number of anilines is 1. The van der Waals surface area contributed by atoms with E-state index in [9.17, 15) is 9.59 Å². The summed E-state index contributed by atoms with van der Waals surface area (Å²) in [6.45, 7) is 1.24. The summed E-state index contributed by atoms with van der Waals surface area (Å²) in [4.78, 5) is 23.7. The standard InChI is InChI=1S/C14H17N3O3/c18-12(17-9-4-5-9)8-16-14(19)10-2-1-3-11-13(10)20-7-6-15-11/h1-3,9,15H,4-8H2,(H,16,19)(H,17,18). The van der Waals surface area contributed by atoms with Crippen molar-refractivity contribution in [1.29, 1.82) is 0 Å². The van der Waals surface area contributed by atoms with E-state index in [0.717, 1.165) is 25.1 Å². The smallest absolute Gasteiger partial charge is 0.255 e. The summed E-state index contributed by atoms with van der Waals surface area (Å²) in [5.74, 6) is 0.111. The van der Waals surface area contributed by atoms with Crippen molar-refractivity contribution in [1.82, 2.24) is 10.6 Å². The van der Waals surface area contributed by atoms with Gasteiger partial charge in [-0.2, -0.15) is 0 Å². The molecular weight excluding hydrogens is 258 g/mol. The monoisotopic (exact) mass is 275 g/mol. The topological polar surface area (TPSA) is 79.5 Å². The Kier molecular flexibility index (Phi) is 3.45. The van der Waals surface area contributed by atoms with E-state index in [2.05, 4.69) is 16.0 Å². The first-order valence-corrected chi connectivity index (χ1v) is 6.81. The van der Waals surface area contributed by atoms with Crippen LogP contribution in [0.1, 0.15) is 23.2 Å². The van der Waals surface area contributed by atoms with Gasteiger partial charge in [-0.25, -0.2) is 0 Å². The van der Waals surface area contributed by atoms with Crippen LogP contribution in [0.5, 0.6) is 5.75 Å². The van der Waals surface area contributed by atoms with Crippen LogP contribution >= 0.6 is 0 Å². The largest absolute Gasteiger partial charge is 0.489 e. The number of benzene rings is 1. The van der Waals surface area contributed by atoms with Gasteiger partial charge in [0.15, 0.2) is 5.75 Å². The van der Waals surface area contributed by atoms with Crippen LogP contribution in [0.25, 0.3) is 0 Å². The van der Waals surface area contributed by atoms with Crippen LogP contribution in [0.15, 0.2) is 18.2 Å². The molecule has 2 aliphatic rings. The maximum absolute atomic E-state index is 12.1. The maximum atomic E-state index is 12.1. The van der Waals surface area contributed by atoms with Gasteiger partial charge in [-0.1, -0.05) is 6.07 Å². The second-order valence-electron chi connectivity index (χ2n) is 4.98. The van der Waals surface area contributed by atoms with Gasteiger partial charge in [0.05, 0.1) is 17.8 Å². The Morgan fingerprint density at radius 2 is 2.20 bits per heavy atom. The van der Waals surface area contributed by atoms with Crippen molar-refractivity contribution in [2.75, 3.05) is 25.0 Å². The number of para-hydroxylation sites is 1.